The van der Waals surface area contributed by atoms with Crippen LogP contribution >= 0.6 is 0 Å². The molecule has 1 atom stereocenters. The molecule has 1 aromatic carbocycles. The van der Waals surface area contributed by atoms with Crippen LogP contribution < -0.4 is 0 Å². The normalized spacial score (nSPS) is 21.8. The number of likely N-dealkylation sites (N-methyl/N-ethyl adjacent to an activating group) is 1. The van der Waals surface area contributed by atoms with E-state index in [4.69, 9.17) is 0 Å². The van der Waals surface area contributed by atoms with Gasteiger partial charge in [0.25, 0.3) is 0 Å². The Labute approximate surface area is 73.3 Å². The molecule has 1 aliphatic rings. The largest absolute Gasteiger partial charge is 0.380 e. The summed E-state index contributed by atoms with van der Waals surface area (Å²) in [6.45, 7) is 1.12. The van der Waals surface area contributed by atoms with Crippen LogP contribution in [0.5, 0.6) is 0 Å². The highest BCUT2D eigenvalue weighted by molar-refractivity contribution is 5.26. The molecule has 0 bridgehead atoms. The van der Waals surface area contributed by atoms with Crippen molar-refractivity contribution in [3.05, 3.63) is 48.2 Å². The van der Waals surface area contributed by atoms with Crippen molar-refractivity contribution in [2.45, 2.75) is 5.92 Å². The van der Waals surface area contributed by atoms with Crippen molar-refractivity contribution in [1.82, 2.24) is 4.90 Å². The minimum atomic E-state index is 0.594. The van der Waals surface area contributed by atoms with Gasteiger partial charge in [0, 0.05) is 19.5 Å². The van der Waals surface area contributed by atoms with Crippen LogP contribution in [-0.2, 0) is 0 Å². The second-order valence-electron chi connectivity index (χ2n) is 3.30. The predicted octanol–water partition coefficient (Wildman–Crippen LogP) is 2.23. The molecule has 1 aromatic rings. The van der Waals surface area contributed by atoms with Gasteiger partial charge in [-0.25, -0.2) is 0 Å². The van der Waals surface area contributed by atoms with Crippen LogP contribution in [0.15, 0.2) is 42.6 Å². The highest BCUT2D eigenvalue weighted by Crippen LogP contribution is 2.22. The molecule has 0 aliphatic carbocycles. The average Bonchev–Trinajstić information content (AvgIpc) is 2.54. The molecule has 0 saturated carbocycles. The zero-order chi connectivity index (χ0) is 8.39. The maximum absolute atomic E-state index is 2.26. The van der Waals surface area contributed by atoms with E-state index in [1.165, 1.54) is 5.56 Å². The molecule has 0 N–H and O–H groups in total. The molecule has 0 radical (unpaired) electrons. The summed E-state index contributed by atoms with van der Waals surface area (Å²) in [5.41, 5.74) is 1.41. The van der Waals surface area contributed by atoms with Gasteiger partial charge in [-0.15, -0.1) is 0 Å². The SMILES string of the molecule is CN1C=CC(c2ccccc2)C1. The van der Waals surface area contributed by atoms with Gasteiger partial charge in [-0.2, -0.15) is 0 Å². The van der Waals surface area contributed by atoms with Gasteiger partial charge in [0.2, 0.25) is 0 Å². The Morgan fingerprint density at radius 3 is 2.58 bits per heavy atom. The standard InChI is InChI=1S/C11H13N/c1-12-8-7-11(9-12)10-5-3-2-4-6-10/h2-8,11H,9H2,1H3. The molecule has 1 aliphatic heterocycles. The van der Waals surface area contributed by atoms with Gasteiger partial charge in [-0.05, 0) is 11.8 Å². The molecule has 1 heteroatoms. The molecule has 12 heavy (non-hydrogen) atoms. The monoisotopic (exact) mass is 159 g/mol. The third-order valence-corrected chi connectivity index (χ3v) is 2.29. The lowest BCUT2D eigenvalue weighted by Crippen LogP contribution is -2.11. The number of hydrogen-bond donors (Lipinski definition) is 0. The fourth-order valence-electron chi connectivity index (χ4n) is 1.60. The third-order valence-electron chi connectivity index (χ3n) is 2.29. The van der Waals surface area contributed by atoms with Gasteiger partial charge in [0.05, 0.1) is 0 Å². The van der Waals surface area contributed by atoms with Gasteiger partial charge in [-0.3, -0.25) is 0 Å². The zero-order valence-electron chi connectivity index (χ0n) is 7.27. The molecular formula is C11H13N. The number of nitrogens with zero attached hydrogens (tertiary/aromatic N) is 1. The first kappa shape index (κ1) is 7.41. The van der Waals surface area contributed by atoms with E-state index in [-0.39, 0.29) is 0 Å². The lowest BCUT2D eigenvalue weighted by Gasteiger charge is -2.11. The molecule has 0 saturated heterocycles. The maximum atomic E-state index is 2.26. The van der Waals surface area contributed by atoms with E-state index in [2.05, 4.69) is 54.6 Å². The maximum Gasteiger partial charge on any atom is 0.0273 e. The van der Waals surface area contributed by atoms with Crippen molar-refractivity contribution >= 4 is 0 Å². The summed E-state index contributed by atoms with van der Waals surface area (Å²) in [4.78, 5) is 2.22. The van der Waals surface area contributed by atoms with Gasteiger partial charge in [0.1, 0.15) is 0 Å². The van der Waals surface area contributed by atoms with Crippen LogP contribution in [0.2, 0.25) is 0 Å². The van der Waals surface area contributed by atoms with E-state index < -0.39 is 0 Å². The second kappa shape index (κ2) is 3.02. The third kappa shape index (κ3) is 1.35. The average molecular weight is 159 g/mol. The fourth-order valence-corrected chi connectivity index (χ4v) is 1.60. The molecule has 1 nitrogen and oxygen atoms in total. The van der Waals surface area contributed by atoms with Crippen molar-refractivity contribution in [2.24, 2.45) is 0 Å². The molecule has 0 fully saturated rings. The van der Waals surface area contributed by atoms with Gasteiger partial charge in [0.15, 0.2) is 0 Å². The summed E-state index contributed by atoms with van der Waals surface area (Å²) < 4.78 is 0. The van der Waals surface area contributed by atoms with Crippen LogP contribution in [0.3, 0.4) is 0 Å². The van der Waals surface area contributed by atoms with Gasteiger partial charge >= 0.3 is 0 Å². The van der Waals surface area contributed by atoms with Crippen molar-refractivity contribution in [1.29, 1.82) is 0 Å². The molecule has 2 rings (SSSR count). The first-order valence-corrected chi connectivity index (χ1v) is 4.30. The summed E-state index contributed by atoms with van der Waals surface area (Å²) in [5, 5.41) is 0. The Balaban J connectivity index is 2.18. The lowest BCUT2D eigenvalue weighted by molar-refractivity contribution is 0.475. The Morgan fingerprint density at radius 2 is 2.00 bits per heavy atom. The fraction of sp³-hybridized carbons (Fsp3) is 0.273. The number of rotatable bonds is 1. The topological polar surface area (TPSA) is 3.24 Å². The van der Waals surface area contributed by atoms with E-state index in [1.54, 1.807) is 0 Å². The number of benzene rings is 1. The Kier molecular flexibility index (Phi) is 1.86. The predicted molar refractivity (Wildman–Crippen MR) is 51.0 cm³/mol. The van der Waals surface area contributed by atoms with E-state index in [1.807, 2.05) is 0 Å². The molecule has 0 spiro atoms. The summed E-state index contributed by atoms with van der Waals surface area (Å²) >= 11 is 0. The Morgan fingerprint density at radius 1 is 1.25 bits per heavy atom. The summed E-state index contributed by atoms with van der Waals surface area (Å²) in [6, 6.07) is 10.6. The van der Waals surface area contributed by atoms with Gasteiger partial charge in [-0.1, -0.05) is 36.4 Å². The van der Waals surface area contributed by atoms with E-state index in [0.29, 0.717) is 5.92 Å². The van der Waals surface area contributed by atoms with E-state index in [9.17, 15) is 0 Å². The van der Waals surface area contributed by atoms with E-state index in [0.717, 1.165) is 6.54 Å². The highest BCUT2D eigenvalue weighted by atomic mass is 15.1. The zero-order valence-corrected chi connectivity index (χ0v) is 7.27. The molecule has 62 valence electrons. The molecule has 0 amide bonds. The minimum Gasteiger partial charge on any atom is -0.380 e. The minimum absolute atomic E-state index is 0.594. The second-order valence-corrected chi connectivity index (χ2v) is 3.30. The molecule has 0 aromatic heterocycles. The Hall–Kier alpha value is -1.24. The number of hydrogen-bond acceptors (Lipinski definition) is 1. The first-order chi connectivity index (χ1) is 5.86. The van der Waals surface area contributed by atoms with Crippen molar-refractivity contribution in [3.63, 3.8) is 0 Å². The van der Waals surface area contributed by atoms with Crippen LogP contribution in [0, 0.1) is 0 Å². The van der Waals surface area contributed by atoms with Crippen LogP contribution in [0.25, 0.3) is 0 Å². The lowest BCUT2D eigenvalue weighted by atomic mass is 10.0. The van der Waals surface area contributed by atoms with Crippen molar-refractivity contribution in [2.75, 3.05) is 13.6 Å². The first-order valence-electron chi connectivity index (χ1n) is 4.30. The van der Waals surface area contributed by atoms with Crippen LogP contribution in [0.4, 0.5) is 0 Å². The van der Waals surface area contributed by atoms with E-state index >= 15 is 0 Å². The van der Waals surface area contributed by atoms with Gasteiger partial charge < -0.3 is 4.90 Å². The summed E-state index contributed by atoms with van der Waals surface area (Å²) in [7, 11) is 2.11. The summed E-state index contributed by atoms with van der Waals surface area (Å²) in [6.07, 6.45) is 4.41. The van der Waals surface area contributed by atoms with Crippen LogP contribution in [-0.4, -0.2) is 18.5 Å². The highest BCUT2D eigenvalue weighted by Gasteiger charge is 2.13. The van der Waals surface area contributed by atoms with Crippen molar-refractivity contribution < 1.29 is 0 Å². The Bertz CT molecular complexity index is 276. The van der Waals surface area contributed by atoms with Crippen molar-refractivity contribution in [3.8, 4) is 0 Å². The smallest absolute Gasteiger partial charge is 0.0273 e. The quantitative estimate of drug-likeness (QED) is 0.607. The molecule has 1 heterocycles. The molecular weight excluding hydrogens is 146 g/mol. The summed E-state index contributed by atoms with van der Waals surface area (Å²) in [5.74, 6) is 0.594. The van der Waals surface area contributed by atoms with Crippen LogP contribution in [0.1, 0.15) is 11.5 Å². The molecule has 1 unspecified atom stereocenters.